The molecule has 0 aromatic carbocycles. The Morgan fingerprint density at radius 3 is 2.64 bits per heavy atom. The Morgan fingerprint density at radius 2 is 1.93 bits per heavy atom. The van der Waals surface area contributed by atoms with Crippen molar-refractivity contribution >= 4 is 0 Å². The highest BCUT2D eigenvalue weighted by Crippen LogP contribution is 2.58. The van der Waals surface area contributed by atoms with Gasteiger partial charge in [0.15, 0.2) is 0 Å². The Labute approximate surface area is 86.8 Å². The molecule has 2 saturated carbocycles. The van der Waals surface area contributed by atoms with E-state index in [0.29, 0.717) is 0 Å². The summed E-state index contributed by atoms with van der Waals surface area (Å²) >= 11 is 0. The molecular weight excluding hydrogens is 172 g/mol. The molecule has 3 rings (SSSR count). The molecule has 0 aromatic rings. The quantitative estimate of drug-likeness (QED) is 0.706. The Balaban J connectivity index is 1.38. The Hall–Kier alpha value is -0.0800. The Bertz CT molecular complexity index is 204. The number of nitrogens with one attached hydrogen (secondary N) is 2. The SMILES string of the molecule is C1CC2(CCN1)CC2CNCC1CC1. The van der Waals surface area contributed by atoms with E-state index in [1.165, 1.54) is 58.3 Å². The minimum absolute atomic E-state index is 0.780. The van der Waals surface area contributed by atoms with Crippen LogP contribution < -0.4 is 10.6 Å². The Kier molecular flexibility index (Phi) is 2.29. The summed E-state index contributed by atoms with van der Waals surface area (Å²) in [7, 11) is 0. The highest BCUT2D eigenvalue weighted by molar-refractivity contribution is 5.05. The predicted molar refractivity (Wildman–Crippen MR) is 58.2 cm³/mol. The number of piperidine rings is 1. The van der Waals surface area contributed by atoms with Crippen molar-refractivity contribution < 1.29 is 0 Å². The summed E-state index contributed by atoms with van der Waals surface area (Å²) in [5, 5.41) is 7.13. The van der Waals surface area contributed by atoms with Crippen LogP contribution in [0.15, 0.2) is 0 Å². The third-order valence-electron chi connectivity index (χ3n) is 4.48. The fourth-order valence-corrected chi connectivity index (χ4v) is 3.04. The van der Waals surface area contributed by atoms with Gasteiger partial charge in [0.1, 0.15) is 0 Å². The van der Waals surface area contributed by atoms with Crippen LogP contribution in [0.4, 0.5) is 0 Å². The molecule has 1 atom stereocenters. The maximum atomic E-state index is 3.66. The van der Waals surface area contributed by atoms with E-state index in [1.807, 2.05) is 0 Å². The maximum absolute atomic E-state index is 3.66. The van der Waals surface area contributed by atoms with E-state index in [9.17, 15) is 0 Å². The van der Waals surface area contributed by atoms with Crippen LogP contribution in [0, 0.1) is 17.3 Å². The molecule has 1 unspecified atom stereocenters. The molecule has 1 spiro atoms. The van der Waals surface area contributed by atoms with Crippen LogP contribution in [0.5, 0.6) is 0 Å². The molecular formula is C12H22N2. The highest BCUT2D eigenvalue weighted by Gasteiger charge is 2.53. The maximum Gasteiger partial charge on any atom is -0.00149 e. The second-order valence-electron chi connectivity index (χ2n) is 5.62. The van der Waals surface area contributed by atoms with Crippen LogP contribution in [0.2, 0.25) is 0 Å². The summed E-state index contributed by atoms with van der Waals surface area (Å²) in [6.07, 6.45) is 7.33. The van der Waals surface area contributed by atoms with Crippen molar-refractivity contribution in [2.24, 2.45) is 17.3 Å². The molecule has 3 fully saturated rings. The van der Waals surface area contributed by atoms with Crippen LogP contribution in [0.3, 0.4) is 0 Å². The van der Waals surface area contributed by atoms with Gasteiger partial charge < -0.3 is 10.6 Å². The molecule has 0 radical (unpaired) electrons. The smallest absolute Gasteiger partial charge is 0.00149 e. The zero-order valence-corrected chi connectivity index (χ0v) is 9.02. The molecule has 1 aliphatic heterocycles. The van der Waals surface area contributed by atoms with Gasteiger partial charge in [0.25, 0.3) is 0 Å². The van der Waals surface area contributed by atoms with Gasteiger partial charge in [-0.05, 0) is 75.5 Å². The zero-order chi connectivity index (χ0) is 9.43. The average molecular weight is 194 g/mol. The molecule has 2 aliphatic carbocycles. The van der Waals surface area contributed by atoms with Gasteiger partial charge >= 0.3 is 0 Å². The first-order valence-corrected chi connectivity index (χ1v) is 6.30. The van der Waals surface area contributed by atoms with E-state index >= 15 is 0 Å². The van der Waals surface area contributed by atoms with Crippen LogP contribution in [0.1, 0.15) is 32.1 Å². The topological polar surface area (TPSA) is 24.1 Å². The predicted octanol–water partition coefficient (Wildman–Crippen LogP) is 1.38. The highest BCUT2D eigenvalue weighted by atomic mass is 14.9. The van der Waals surface area contributed by atoms with Crippen molar-refractivity contribution in [1.82, 2.24) is 10.6 Å². The molecule has 3 aliphatic rings. The summed E-state index contributed by atoms with van der Waals surface area (Å²) in [5.74, 6) is 2.06. The molecule has 80 valence electrons. The van der Waals surface area contributed by atoms with E-state index in [-0.39, 0.29) is 0 Å². The molecule has 0 bridgehead atoms. The molecule has 14 heavy (non-hydrogen) atoms. The summed E-state index contributed by atoms with van der Waals surface area (Å²) in [6, 6.07) is 0. The largest absolute Gasteiger partial charge is 0.317 e. The lowest BCUT2D eigenvalue weighted by atomic mass is 9.92. The van der Waals surface area contributed by atoms with Crippen molar-refractivity contribution in [2.75, 3.05) is 26.2 Å². The molecule has 2 N–H and O–H groups in total. The van der Waals surface area contributed by atoms with E-state index in [4.69, 9.17) is 0 Å². The van der Waals surface area contributed by atoms with Crippen molar-refractivity contribution in [3.63, 3.8) is 0 Å². The first kappa shape index (κ1) is 9.17. The van der Waals surface area contributed by atoms with E-state index in [2.05, 4.69) is 10.6 Å². The van der Waals surface area contributed by atoms with Crippen molar-refractivity contribution in [3.8, 4) is 0 Å². The van der Waals surface area contributed by atoms with Crippen molar-refractivity contribution in [1.29, 1.82) is 0 Å². The Morgan fingerprint density at radius 1 is 1.14 bits per heavy atom. The normalized spacial score (nSPS) is 34.7. The third-order valence-corrected chi connectivity index (χ3v) is 4.48. The lowest BCUT2D eigenvalue weighted by Gasteiger charge is -2.23. The van der Waals surface area contributed by atoms with Gasteiger partial charge in [-0.2, -0.15) is 0 Å². The van der Waals surface area contributed by atoms with E-state index < -0.39 is 0 Å². The number of hydrogen-bond acceptors (Lipinski definition) is 2. The minimum atomic E-state index is 0.780. The van der Waals surface area contributed by atoms with Crippen LogP contribution in [-0.4, -0.2) is 26.2 Å². The second kappa shape index (κ2) is 3.49. The van der Waals surface area contributed by atoms with E-state index in [1.54, 1.807) is 0 Å². The summed E-state index contributed by atoms with van der Waals surface area (Å²) in [5.41, 5.74) is 0.780. The zero-order valence-electron chi connectivity index (χ0n) is 9.02. The van der Waals surface area contributed by atoms with Crippen molar-refractivity contribution in [2.45, 2.75) is 32.1 Å². The van der Waals surface area contributed by atoms with Gasteiger partial charge in [0, 0.05) is 0 Å². The minimum Gasteiger partial charge on any atom is -0.317 e. The van der Waals surface area contributed by atoms with Crippen LogP contribution >= 0.6 is 0 Å². The second-order valence-corrected chi connectivity index (χ2v) is 5.62. The van der Waals surface area contributed by atoms with Gasteiger partial charge in [-0.25, -0.2) is 0 Å². The van der Waals surface area contributed by atoms with Gasteiger partial charge in [-0.15, -0.1) is 0 Å². The van der Waals surface area contributed by atoms with Gasteiger partial charge in [0.05, 0.1) is 0 Å². The average Bonchev–Trinajstić information content (AvgIpc) is 3.09. The summed E-state index contributed by atoms with van der Waals surface area (Å²) < 4.78 is 0. The van der Waals surface area contributed by atoms with E-state index in [0.717, 1.165) is 17.3 Å². The monoisotopic (exact) mass is 194 g/mol. The van der Waals surface area contributed by atoms with Gasteiger partial charge in [0.2, 0.25) is 0 Å². The third kappa shape index (κ3) is 1.82. The van der Waals surface area contributed by atoms with Crippen molar-refractivity contribution in [3.05, 3.63) is 0 Å². The molecule has 0 aromatic heterocycles. The van der Waals surface area contributed by atoms with Gasteiger partial charge in [-0.3, -0.25) is 0 Å². The number of rotatable bonds is 4. The fourth-order valence-electron chi connectivity index (χ4n) is 3.04. The lowest BCUT2D eigenvalue weighted by molar-refractivity contribution is 0.318. The number of hydrogen-bond donors (Lipinski definition) is 2. The van der Waals surface area contributed by atoms with Crippen LogP contribution in [0.25, 0.3) is 0 Å². The molecule has 1 saturated heterocycles. The summed E-state index contributed by atoms with van der Waals surface area (Å²) in [4.78, 5) is 0. The molecule has 1 heterocycles. The first-order chi connectivity index (χ1) is 6.89. The van der Waals surface area contributed by atoms with Crippen LogP contribution in [-0.2, 0) is 0 Å². The van der Waals surface area contributed by atoms with Gasteiger partial charge in [-0.1, -0.05) is 0 Å². The fraction of sp³-hybridized carbons (Fsp3) is 1.00. The molecule has 2 nitrogen and oxygen atoms in total. The molecule has 0 amide bonds. The lowest BCUT2D eigenvalue weighted by Crippen LogP contribution is -2.31. The first-order valence-electron chi connectivity index (χ1n) is 6.30. The molecule has 2 heteroatoms. The summed E-state index contributed by atoms with van der Waals surface area (Å²) in [6.45, 7) is 5.12. The standard InChI is InChI=1S/C12H22N2/c1-2-10(1)8-14-9-11-7-12(11)3-5-13-6-4-12/h10-11,13-14H,1-9H2.